The minimum absolute atomic E-state index is 0.0101. The summed E-state index contributed by atoms with van der Waals surface area (Å²) in [6, 6.07) is -0.912. The van der Waals surface area contributed by atoms with Crippen LogP contribution in [0.3, 0.4) is 0 Å². The number of aliphatic hydroxyl groups is 1. The molecule has 0 spiro atoms. The molecule has 0 rings (SSSR count). The van der Waals surface area contributed by atoms with Gasteiger partial charge in [0.1, 0.15) is 13.2 Å². The Kier molecular flexibility index (Phi) is 56.6. The van der Waals surface area contributed by atoms with E-state index >= 15 is 0 Å². The molecule has 0 saturated heterocycles. The van der Waals surface area contributed by atoms with Crippen molar-refractivity contribution in [1.29, 1.82) is 0 Å². The van der Waals surface area contributed by atoms with Crippen molar-refractivity contribution in [2.75, 3.05) is 40.9 Å². The number of quaternary nitrogens is 1. The molecule has 0 bridgehead atoms. The molecule has 0 aliphatic rings. The van der Waals surface area contributed by atoms with Gasteiger partial charge in [-0.25, -0.2) is 0 Å². The first kappa shape index (κ1) is 74.7. The van der Waals surface area contributed by atoms with Crippen molar-refractivity contribution in [1.82, 2.24) is 5.32 Å². The number of phosphoric acid groups is 1. The maximum absolute atomic E-state index is 13.0. The average molecular weight is 1100 g/mol. The van der Waals surface area contributed by atoms with Crippen molar-refractivity contribution in [3.63, 3.8) is 0 Å². The highest BCUT2D eigenvalue weighted by molar-refractivity contribution is 7.45. The number of nitrogens with zero attached hydrogens (tertiary/aromatic N) is 1. The van der Waals surface area contributed by atoms with Crippen molar-refractivity contribution in [3.8, 4) is 0 Å². The van der Waals surface area contributed by atoms with Gasteiger partial charge in [0.15, 0.2) is 0 Å². The Bertz CT molecular complexity index is 1530. The number of likely N-dealkylation sites (N-methyl/N-ethyl adjacent to an activating group) is 1. The Labute approximate surface area is 477 Å². The maximum atomic E-state index is 13.0. The van der Waals surface area contributed by atoms with E-state index in [0.717, 1.165) is 70.6 Å². The van der Waals surface area contributed by atoms with E-state index in [1.165, 1.54) is 199 Å². The zero-order valence-electron chi connectivity index (χ0n) is 51.1. The summed E-state index contributed by atoms with van der Waals surface area (Å²) < 4.78 is 23.4. The fraction of sp³-hybridized carbons (Fsp3) is 0.779. The zero-order chi connectivity index (χ0) is 56.3. The third kappa shape index (κ3) is 61.2. The summed E-state index contributed by atoms with van der Waals surface area (Å²) in [5.41, 5.74) is 0. The predicted molar refractivity (Wildman–Crippen MR) is 334 cm³/mol. The zero-order valence-corrected chi connectivity index (χ0v) is 52.0. The maximum Gasteiger partial charge on any atom is 0.268 e. The number of amides is 1. The summed E-state index contributed by atoms with van der Waals surface area (Å²) in [7, 11) is 1.24. The van der Waals surface area contributed by atoms with E-state index in [2.05, 4.69) is 92.1 Å². The summed E-state index contributed by atoms with van der Waals surface area (Å²) in [4.78, 5) is 25.6. The fourth-order valence-corrected chi connectivity index (χ4v) is 10.0. The summed E-state index contributed by atoms with van der Waals surface area (Å²) in [6.07, 6.45) is 82.7. The monoisotopic (exact) mass is 1100 g/mol. The van der Waals surface area contributed by atoms with Gasteiger partial charge in [-0.05, 0) is 83.5 Å². The molecule has 2 N–H and O–H groups in total. The number of carbonyl (C=O) groups is 1. The molecule has 77 heavy (non-hydrogen) atoms. The van der Waals surface area contributed by atoms with Gasteiger partial charge in [-0.1, -0.05) is 285 Å². The average Bonchev–Trinajstić information content (AvgIpc) is 3.39. The Hall–Kier alpha value is -2.32. The number of unbranched alkanes of at least 4 members (excludes halogenated alkanes) is 34. The van der Waals surface area contributed by atoms with Gasteiger partial charge in [-0.3, -0.25) is 9.36 Å². The summed E-state index contributed by atoms with van der Waals surface area (Å²) in [5, 5.41) is 13.9. The van der Waals surface area contributed by atoms with Gasteiger partial charge in [0.05, 0.1) is 39.9 Å². The lowest BCUT2D eigenvalue weighted by molar-refractivity contribution is -0.870. The van der Waals surface area contributed by atoms with Crippen LogP contribution >= 0.6 is 7.82 Å². The Morgan fingerprint density at radius 1 is 0.468 bits per heavy atom. The van der Waals surface area contributed by atoms with E-state index in [1.807, 2.05) is 27.2 Å². The number of phosphoric ester groups is 1. The fourth-order valence-electron chi connectivity index (χ4n) is 9.30. The van der Waals surface area contributed by atoms with Gasteiger partial charge in [-0.2, -0.15) is 0 Å². The van der Waals surface area contributed by atoms with E-state index in [0.29, 0.717) is 17.4 Å². The van der Waals surface area contributed by atoms with Gasteiger partial charge in [0.2, 0.25) is 5.91 Å². The molecule has 9 heteroatoms. The number of hydrogen-bond donors (Lipinski definition) is 2. The van der Waals surface area contributed by atoms with Crippen LogP contribution in [-0.4, -0.2) is 68.5 Å². The van der Waals surface area contributed by atoms with Gasteiger partial charge in [0, 0.05) is 6.42 Å². The van der Waals surface area contributed by atoms with Crippen molar-refractivity contribution in [2.24, 2.45) is 0 Å². The molecule has 1 amide bonds. The van der Waals surface area contributed by atoms with Crippen LogP contribution in [0.4, 0.5) is 0 Å². The number of carbonyl (C=O) groups excluding carboxylic acids is 1. The highest BCUT2D eigenvalue weighted by atomic mass is 31.2. The van der Waals surface area contributed by atoms with Crippen molar-refractivity contribution in [2.45, 2.75) is 302 Å². The molecule has 3 unspecified atom stereocenters. The first-order chi connectivity index (χ1) is 37.5. The summed E-state index contributed by atoms with van der Waals surface area (Å²) >= 11 is 0. The third-order valence-electron chi connectivity index (χ3n) is 14.3. The highest BCUT2D eigenvalue weighted by Gasteiger charge is 2.23. The number of allylic oxidation sites excluding steroid dienone is 13. The normalized spacial score (nSPS) is 14.3. The van der Waals surface area contributed by atoms with E-state index in [4.69, 9.17) is 9.05 Å². The van der Waals surface area contributed by atoms with Crippen LogP contribution < -0.4 is 10.2 Å². The van der Waals surface area contributed by atoms with Crippen molar-refractivity contribution >= 4 is 13.7 Å². The quantitative estimate of drug-likeness (QED) is 0.0272. The van der Waals surface area contributed by atoms with E-state index in [-0.39, 0.29) is 12.5 Å². The lowest BCUT2D eigenvalue weighted by Gasteiger charge is -2.29. The van der Waals surface area contributed by atoms with E-state index in [9.17, 15) is 19.4 Å². The second-order valence-electron chi connectivity index (χ2n) is 23.1. The molecule has 0 saturated carbocycles. The molecule has 3 atom stereocenters. The van der Waals surface area contributed by atoms with Crippen LogP contribution in [0.5, 0.6) is 0 Å². The molecule has 0 aliphatic heterocycles. The highest BCUT2D eigenvalue weighted by Crippen LogP contribution is 2.38. The largest absolute Gasteiger partial charge is 0.756 e. The number of nitrogens with one attached hydrogen (secondary N) is 1. The SMILES string of the molecule is CC/C=C\C/C=C\C/C=C\C/C=C\CCCCCCCCCCCCCCCCCCCCCCCCC(=O)NC(COP(=O)([O-])OCC[N+](C)(C)C)C(O)/C=C/CC/C=C/CC/C=C/CCCCCCCCCCCC. The molecule has 0 aromatic heterocycles. The Balaban J connectivity index is 4.07. The first-order valence-corrected chi connectivity index (χ1v) is 33.9. The smallest absolute Gasteiger partial charge is 0.268 e. The number of rotatable bonds is 59. The molecular formula is C68H125N2O6P. The lowest BCUT2D eigenvalue weighted by Crippen LogP contribution is -2.45. The van der Waals surface area contributed by atoms with Crippen molar-refractivity contribution < 1.29 is 32.9 Å². The topological polar surface area (TPSA) is 108 Å². The standard InChI is InChI=1S/C68H125N2O6P/c1-6-8-10-12-14-16-18-20-22-24-26-28-29-30-31-32-33-34-35-36-37-38-39-40-41-42-44-46-48-50-52-54-56-58-60-62-68(72)69-66(65-76-77(73,74)75-64-63-70(3,4)5)67(71)61-59-57-55-53-51-49-47-45-43-27-25-23-21-19-17-15-13-11-9-7-2/h8,10,14,16,20,22,26,28,43,45,51,53,59,61,66-67,71H,6-7,9,11-13,15,17-19,21,23-25,27,29-42,44,46-50,52,54-58,60,62-65H2,1-5H3,(H-,69,72,73,74)/b10-8-,16-14-,22-20-,28-26-,45-43+,53-51+,61-59+. The Morgan fingerprint density at radius 2 is 0.805 bits per heavy atom. The van der Waals surface area contributed by atoms with Gasteiger partial charge in [-0.15, -0.1) is 0 Å². The minimum atomic E-state index is -4.61. The molecule has 0 aliphatic carbocycles. The summed E-state index contributed by atoms with van der Waals surface area (Å²) in [6.45, 7) is 4.53. The number of aliphatic hydroxyl groups excluding tert-OH is 1. The molecule has 8 nitrogen and oxygen atoms in total. The predicted octanol–water partition coefficient (Wildman–Crippen LogP) is 19.7. The third-order valence-corrected chi connectivity index (χ3v) is 15.3. The van der Waals surface area contributed by atoms with Gasteiger partial charge in [0.25, 0.3) is 7.82 Å². The molecule has 0 heterocycles. The second-order valence-corrected chi connectivity index (χ2v) is 24.5. The van der Waals surface area contributed by atoms with E-state index < -0.39 is 26.6 Å². The van der Waals surface area contributed by atoms with Crippen LogP contribution in [-0.2, 0) is 18.4 Å². The summed E-state index contributed by atoms with van der Waals surface area (Å²) in [5.74, 6) is -0.209. The lowest BCUT2D eigenvalue weighted by atomic mass is 10.0. The first-order valence-electron chi connectivity index (χ1n) is 32.4. The minimum Gasteiger partial charge on any atom is -0.756 e. The van der Waals surface area contributed by atoms with Gasteiger partial charge >= 0.3 is 0 Å². The molecule has 448 valence electrons. The van der Waals surface area contributed by atoms with Crippen LogP contribution in [0.15, 0.2) is 85.1 Å². The molecular weight excluding hydrogens is 972 g/mol. The number of hydrogen-bond acceptors (Lipinski definition) is 6. The second kappa shape index (κ2) is 58.3. The molecule has 0 radical (unpaired) electrons. The van der Waals surface area contributed by atoms with Gasteiger partial charge < -0.3 is 28.8 Å². The molecule has 0 aromatic carbocycles. The van der Waals surface area contributed by atoms with Crippen LogP contribution in [0.2, 0.25) is 0 Å². The van der Waals surface area contributed by atoms with Crippen molar-refractivity contribution in [3.05, 3.63) is 85.1 Å². The Morgan fingerprint density at radius 3 is 1.21 bits per heavy atom. The molecule has 0 aromatic rings. The van der Waals surface area contributed by atoms with Crippen LogP contribution in [0, 0.1) is 0 Å². The van der Waals surface area contributed by atoms with Crippen LogP contribution in [0.25, 0.3) is 0 Å². The van der Waals surface area contributed by atoms with E-state index in [1.54, 1.807) is 6.08 Å². The molecule has 0 fully saturated rings. The van der Waals surface area contributed by atoms with Crippen LogP contribution in [0.1, 0.15) is 290 Å².